The molecule has 0 spiro atoms. The fraction of sp³-hybridized carbons (Fsp3) is 0.538. The second-order valence-corrected chi connectivity index (χ2v) is 5.01. The highest BCUT2D eigenvalue weighted by Crippen LogP contribution is 2.44. The van der Waals surface area contributed by atoms with Crippen molar-refractivity contribution in [1.82, 2.24) is 4.90 Å². The minimum absolute atomic E-state index is 0.886. The summed E-state index contributed by atoms with van der Waals surface area (Å²) in [4.78, 5) is 2.60. The first-order valence-corrected chi connectivity index (χ1v) is 5.88. The Balaban J connectivity index is 1.53. The first-order chi connectivity index (χ1) is 7.31. The fourth-order valence-corrected chi connectivity index (χ4v) is 2.71. The number of fused-ring (bicyclic) bond motifs is 1. The number of likely N-dealkylation sites (tertiary alicyclic amines) is 1. The number of nitrogen functional groups attached to an aromatic ring is 1. The molecule has 0 amide bonds. The van der Waals surface area contributed by atoms with Crippen LogP contribution in [0.15, 0.2) is 24.3 Å². The minimum Gasteiger partial charge on any atom is -0.399 e. The van der Waals surface area contributed by atoms with E-state index in [0.29, 0.717) is 0 Å². The van der Waals surface area contributed by atoms with Crippen LogP contribution in [0.4, 0.5) is 5.69 Å². The highest BCUT2D eigenvalue weighted by atomic mass is 15.2. The molecule has 1 aromatic carbocycles. The van der Waals surface area contributed by atoms with E-state index in [9.17, 15) is 0 Å². The van der Waals surface area contributed by atoms with E-state index in [4.69, 9.17) is 5.73 Å². The Morgan fingerprint density at radius 1 is 1.27 bits per heavy atom. The van der Waals surface area contributed by atoms with Gasteiger partial charge in [0.25, 0.3) is 0 Å². The van der Waals surface area contributed by atoms with Crippen LogP contribution in [0.2, 0.25) is 0 Å². The molecule has 2 unspecified atom stereocenters. The molecule has 0 aromatic heterocycles. The lowest BCUT2D eigenvalue weighted by Crippen LogP contribution is -2.25. The molecular weight excluding hydrogens is 184 g/mol. The van der Waals surface area contributed by atoms with E-state index in [0.717, 1.165) is 23.9 Å². The quantitative estimate of drug-likeness (QED) is 0.757. The molecule has 0 bridgehead atoms. The second kappa shape index (κ2) is 3.53. The van der Waals surface area contributed by atoms with Gasteiger partial charge in [-0.25, -0.2) is 0 Å². The van der Waals surface area contributed by atoms with Crippen LogP contribution in [0.5, 0.6) is 0 Å². The van der Waals surface area contributed by atoms with Crippen LogP contribution in [0.1, 0.15) is 12.0 Å². The Hall–Kier alpha value is -1.02. The molecule has 2 N–H and O–H groups in total. The van der Waals surface area contributed by atoms with Gasteiger partial charge in [-0.2, -0.15) is 0 Å². The van der Waals surface area contributed by atoms with Crippen LogP contribution in [0.3, 0.4) is 0 Å². The maximum absolute atomic E-state index is 5.76. The van der Waals surface area contributed by atoms with Gasteiger partial charge in [-0.15, -0.1) is 0 Å². The van der Waals surface area contributed by atoms with E-state index < -0.39 is 0 Å². The Morgan fingerprint density at radius 2 is 2.07 bits per heavy atom. The van der Waals surface area contributed by atoms with Crippen molar-refractivity contribution in [3.63, 3.8) is 0 Å². The number of anilines is 1. The Labute approximate surface area is 91.1 Å². The Kier molecular flexibility index (Phi) is 2.17. The SMILES string of the molecule is Nc1cccc(CCN2CC3CC3C2)c1. The van der Waals surface area contributed by atoms with E-state index in [1.165, 1.54) is 31.6 Å². The van der Waals surface area contributed by atoms with Crippen LogP contribution >= 0.6 is 0 Å². The number of nitrogens with two attached hydrogens (primary N) is 1. The first kappa shape index (κ1) is 9.22. The molecule has 2 fully saturated rings. The smallest absolute Gasteiger partial charge is 0.0316 e. The monoisotopic (exact) mass is 202 g/mol. The van der Waals surface area contributed by atoms with E-state index in [2.05, 4.69) is 17.0 Å². The van der Waals surface area contributed by atoms with Crippen molar-refractivity contribution in [1.29, 1.82) is 0 Å². The third-order valence-electron chi connectivity index (χ3n) is 3.72. The normalized spacial score (nSPS) is 29.1. The molecule has 80 valence electrons. The summed E-state index contributed by atoms with van der Waals surface area (Å²) in [7, 11) is 0. The highest BCUT2D eigenvalue weighted by Gasteiger charge is 2.44. The van der Waals surface area contributed by atoms with Gasteiger partial charge in [0, 0.05) is 25.3 Å². The summed E-state index contributed by atoms with van der Waals surface area (Å²) < 4.78 is 0. The Bertz CT molecular complexity index is 351. The lowest BCUT2D eigenvalue weighted by molar-refractivity contribution is 0.309. The van der Waals surface area contributed by atoms with Gasteiger partial charge in [0.05, 0.1) is 0 Å². The van der Waals surface area contributed by atoms with Crippen LogP contribution in [-0.2, 0) is 6.42 Å². The van der Waals surface area contributed by atoms with E-state index in [1.54, 1.807) is 0 Å². The molecule has 1 aliphatic carbocycles. The van der Waals surface area contributed by atoms with Gasteiger partial charge in [-0.05, 0) is 42.4 Å². The standard InChI is InChI=1S/C13H18N2/c14-13-3-1-2-10(6-13)4-5-15-8-11-7-12(11)9-15/h1-3,6,11-12H,4-5,7-9,14H2. The zero-order valence-corrected chi connectivity index (χ0v) is 9.02. The maximum Gasteiger partial charge on any atom is 0.0316 e. The van der Waals surface area contributed by atoms with Crippen molar-refractivity contribution < 1.29 is 0 Å². The molecule has 1 aliphatic heterocycles. The van der Waals surface area contributed by atoms with Gasteiger partial charge in [0.1, 0.15) is 0 Å². The molecule has 1 heterocycles. The molecule has 2 atom stereocenters. The Morgan fingerprint density at radius 3 is 2.80 bits per heavy atom. The van der Waals surface area contributed by atoms with Crippen molar-refractivity contribution in [2.75, 3.05) is 25.4 Å². The molecule has 0 radical (unpaired) electrons. The summed E-state index contributed by atoms with van der Waals surface area (Å²) in [5.41, 5.74) is 8.01. The van der Waals surface area contributed by atoms with Crippen LogP contribution < -0.4 is 5.73 Å². The summed E-state index contributed by atoms with van der Waals surface area (Å²) in [6.45, 7) is 3.89. The molecule has 2 nitrogen and oxygen atoms in total. The van der Waals surface area contributed by atoms with Crippen LogP contribution in [0, 0.1) is 11.8 Å². The lowest BCUT2D eigenvalue weighted by Gasteiger charge is -2.17. The average Bonchev–Trinajstić information content (AvgIpc) is 2.84. The zero-order chi connectivity index (χ0) is 10.3. The average molecular weight is 202 g/mol. The first-order valence-electron chi connectivity index (χ1n) is 5.88. The third kappa shape index (κ3) is 2.00. The number of hydrogen-bond acceptors (Lipinski definition) is 2. The molecule has 15 heavy (non-hydrogen) atoms. The maximum atomic E-state index is 5.76. The van der Waals surface area contributed by atoms with Gasteiger partial charge in [-0.3, -0.25) is 0 Å². The fourth-order valence-electron chi connectivity index (χ4n) is 2.71. The number of piperidine rings is 1. The molecule has 1 aromatic rings. The van der Waals surface area contributed by atoms with E-state index >= 15 is 0 Å². The number of rotatable bonds is 3. The summed E-state index contributed by atoms with van der Waals surface area (Å²) in [5, 5.41) is 0. The van der Waals surface area contributed by atoms with Crippen LogP contribution in [0.25, 0.3) is 0 Å². The molecular formula is C13H18N2. The molecule has 3 rings (SSSR count). The predicted octanol–water partition coefficient (Wildman–Crippen LogP) is 1.76. The van der Waals surface area contributed by atoms with Gasteiger partial charge in [0.15, 0.2) is 0 Å². The second-order valence-electron chi connectivity index (χ2n) is 5.01. The van der Waals surface area contributed by atoms with Crippen molar-refractivity contribution in [2.45, 2.75) is 12.8 Å². The topological polar surface area (TPSA) is 29.3 Å². The molecule has 1 saturated heterocycles. The van der Waals surface area contributed by atoms with Crippen molar-refractivity contribution >= 4 is 5.69 Å². The minimum atomic E-state index is 0.886. The summed E-state index contributed by atoms with van der Waals surface area (Å²) in [5.74, 6) is 2.09. The largest absolute Gasteiger partial charge is 0.399 e. The number of nitrogens with zero attached hydrogens (tertiary/aromatic N) is 1. The van der Waals surface area contributed by atoms with Crippen molar-refractivity contribution in [3.05, 3.63) is 29.8 Å². The molecule has 2 aliphatic rings. The van der Waals surface area contributed by atoms with Crippen LogP contribution in [-0.4, -0.2) is 24.5 Å². The third-order valence-corrected chi connectivity index (χ3v) is 3.72. The number of benzene rings is 1. The van der Waals surface area contributed by atoms with E-state index in [-0.39, 0.29) is 0 Å². The summed E-state index contributed by atoms with van der Waals surface area (Å²) in [6, 6.07) is 8.27. The summed E-state index contributed by atoms with van der Waals surface area (Å²) >= 11 is 0. The van der Waals surface area contributed by atoms with Gasteiger partial charge in [0.2, 0.25) is 0 Å². The molecule has 1 saturated carbocycles. The van der Waals surface area contributed by atoms with Gasteiger partial charge in [-0.1, -0.05) is 12.1 Å². The van der Waals surface area contributed by atoms with E-state index in [1.807, 2.05) is 12.1 Å². The zero-order valence-electron chi connectivity index (χ0n) is 9.02. The molecule has 2 heteroatoms. The predicted molar refractivity (Wildman–Crippen MR) is 62.6 cm³/mol. The van der Waals surface area contributed by atoms with Gasteiger partial charge < -0.3 is 10.6 Å². The number of hydrogen-bond donors (Lipinski definition) is 1. The van der Waals surface area contributed by atoms with Gasteiger partial charge >= 0.3 is 0 Å². The highest BCUT2D eigenvalue weighted by molar-refractivity contribution is 5.40. The van der Waals surface area contributed by atoms with Crippen molar-refractivity contribution in [2.24, 2.45) is 11.8 Å². The lowest BCUT2D eigenvalue weighted by atomic mass is 10.1. The summed E-state index contributed by atoms with van der Waals surface area (Å²) in [6.07, 6.45) is 2.64. The van der Waals surface area contributed by atoms with Crippen molar-refractivity contribution in [3.8, 4) is 0 Å².